The summed E-state index contributed by atoms with van der Waals surface area (Å²) in [6.45, 7) is 0. The van der Waals surface area contributed by atoms with E-state index in [0.29, 0.717) is 28.9 Å². The number of rotatable bonds is 7. The minimum atomic E-state index is -0.104. The first-order valence-electron chi connectivity index (χ1n) is 14.9. The van der Waals surface area contributed by atoms with Gasteiger partial charge in [-0.2, -0.15) is 15.3 Å². The predicted molar refractivity (Wildman–Crippen MR) is 156 cm³/mol. The molecule has 7 rings (SSSR count). The molecule has 41 heavy (non-hydrogen) atoms. The number of carbonyl (C=O) groups excluding carboxylic acids is 1. The van der Waals surface area contributed by atoms with Crippen LogP contribution in [0, 0.1) is 16.7 Å². The molecule has 10 nitrogen and oxygen atoms in total. The standard InChI is InChI=1S/C31H37N9O/c1-40(29-33-11-8-27(37-29)36-28-15-26(38-39-28)22-16-31(17-22)9-10-31)25-6-4-23(5-7-25)34-30(41)35-24-13-20-3-2-19(18-32)12-21(20)14-24/h2-3,8,11-12,15,22-25H,4-7,9-10,13-14,16-17H2,1H3,(H2,34,35,41)(H2,33,36,37,38,39). The van der Waals surface area contributed by atoms with Gasteiger partial charge in [-0.1, -0.05) is 6.07 Å². The zero-order chi connectivity index (χ0) is 28.0. The third kappa shape index (κ3) is 5.45. The highest BCUT2D eigenvalue weighted by atomic mass is 16.2. The molecule has 0 bridgehead atoms. The zero-order valence-corrected chi connectivity index (χ0v) is 23.5. The summed E-state index contributed by atoms with van der Waals surface area (Å²) >= 11 is 0. The van der Waals surface area contributed by atoms with E-state index in [2.05, 4.69) is 55.2 Å². The van der Waals surface area contributed by atoms with Gasteiger partial charge in [-0.15, -0.1) is 0 Å². The van der Waals surface area contributed by atoms with Crippen LogP contribution in [-0.2, 0) is 12.8 Å². The molecule has 10 heteroatoms. The Morgan fingerprint density at radius 3 is 2.59 bits per heavy atom. The largest absolute Gasteiger partial charge is 0.341 e. The van der Waals surface area contributed by atoms with Crippen molar-refractivity contribution in [3.8, 4) is 6.07 Å². The number of aromatic amines is 1. The van der Waals surface area contributed by atoms with Crippen molar-refractivity contribution in [2.45, 2.75) is 88.3 Å². The van der Waals surface area contributed by atoms with Crippen LogP contribution >= 0.6 is 0 Å². The Labute approximate surface area is 240 Å². The minimum absolute atomic E-state index is 0.0700. The molecule has 4 aliphatic carbocycles. The summed E-state index contributed by atoms with van der Waals surface area (Å²) < 4.78 is 0. The zero-order valence-electron chi connectivity index (χ0n) is 23.5. The molecule has 2 aromatic heterocycles. The van der Waals surface area contributed by atoms with Crippen molar-refractivity contribution < 1.29 is 4.79 Å². The van der Waals surface area contributed by atoms with Crippen molar-refractivity contribution in [2.24, 2.45) is 5.41 Å². The number of hydrogen-bond donors (Lipinski definition) is 4. The van der Waals surface area contributed by atoms with Gasteiger partial charge in [0.15, 0.2) is 5.82 Å². The highest BCUT2D eigenvalue weighted by Gasteiger charge is 2.53. The first-order chi connectivity index (χ1) is 19.9. The number of nitrogens with one attached hydrogen (secondary N) is 4. The summed E-state index contributed by atoms with van der Waals surface area (Å²) in [7, 11) is 2.05. The fourth-order valence-electron chi connectivity index (χ4n) is 7.09. The number of benzene rings is 1. The molecular weight excluding hydrogens is 514 g/mol. The maximum absolute atomic E-state index is 12.7. The Kier molecular flexibility index (Phi) is 6.53. The molecule has 4 N–H and O–H groups in total. The fraction of sp³-hybridized carbons (Fsp3) is 0.516. The van der Waals surface area contributed by atoms with Gasteiger partial charge >= 0.3 is 6.03 Å². The van der Waals surface area contributed by atoms with E-state index in [1.165, 1.54) is 36.9 Å². The van der Waals surface area contributed by atoms with Gasteiger partial charge in [0.25, 0.3) is 0 Å². The second kappa shape index (κ2) is 10.4. The van der Waals surface area contributed by atoms with Crippen molar-refractivity contribution in [3.63, 3.8) is 0 Å². The van der Waals surface area contributed by atoms with Crippen molar-refractivity contribution in [1.82, 2.24) is 30.8 Å². The Bertz CT molecular complexity index is 1470. The third-order valence-electron chi connectivity index (χ3n) is 9.75. The van der Waals surface area contributed by atoms with E-state index in [0.717, 1.165) is 55.7 Å². The number of H-pyrrole nitrogens is 1. The fourth-order valence-corrected chi connectivity index (χ4v) is 7.09. The van der Waals surface area contributed by atoms with Crippen molar-refractivity contribution >= 4 is 23.6 Å². The number of hydrogen-bond acceptors (Lipinski definition) is 7. The van der Waals surface area contributed by atoms with Crippen LogP contribution in [-0.4, -0.2) is 51.4 Å². The lowest BCUT2D eigenvalue weighted by atomic mass is 9.70. The van der Waals surface area contributed by atoms with Gasteiger partial charge in [0.1, 0.15) is 5.82 Å². The maximum atomic E-state index is 12.7. The van der Waals surface area contributed by atoms with Crippen LogP contribution in [0.5, 0.6) is 0 Å². The summed E-state index contributed by atoms with van der Waals surface area (Å²) in [6.07, 6.45) is 12.5. The summed E-state index contributed by atoms with van der Waals surface area (Å²) in [5.74, 6) is 2.83. The molecule has 2 amide bonds. The molecule has 0 radical (unpaired) electrons. The van der Waals surface area contributed by atoms with Crippen LogP contribution in [0.2, 0.25) is 0 Å². The highest BCUT2D eigenvalue weighted by Crippen LogP contribution is 2.66. The molecule has 212 valence electrons. The minimum Gasteiger partial charge on any atom is -0.341 e. The molecule has 3 fully saturated rings. The van der Waals surface area contributed by atoms with E-state index in [9.17, 15) is 4.79 Å². The smallest absolute Gasteiger partial charge is 0.315 e. The van der Waals surface area contributed by atoms with E-state index in [4.69, 9.17) is 10.2 Å². The number of nitrogens with zero attached hydrogens (tertiary/aromatic N) is 5. The van der Waals surface area contributed by atoms with E-state index >= 15 is 0 Å². The van der Waals surface area contributed by atoms with E-state index < -0.39 is 0 Å². The summed E-state index contributed by atoms with van der Waals surface area (Å²) in [4.78, 5) is 24.2. The lowest BCUT2D eigenvalue weighted by molar-refractivity contribution is 0.227. The number of anilines is 3. The van der Waals surface area contributed by atoms with Gasteiger partial charge < -0.3 is 20.9 Å². The molecular formula is C31H37N9O. The lowest BCUT2D eigenvalue weighted by Gasteiger charge is -2.35. The Hall–Kier alpha value is -4.13. The molecule has 0 saturated heterocycles. The average molecular weight is 552 g/mol. The Morgan fingerprint density at radius 1 is 1.02 bits per heavy atom. The first kappa shape index (κ1) is 25.8. The molecule has 4 aliphatic rings. The van der Waals surface area contributed by atoms with Crippen LogP contribution in [0.4, 0.5) is 22.4 Å². The van der Waals surface area contributed by atoms with E-state index in [1.807, 2.05) is 24.3 Å². The SMILES string of the molecule is CN(c1nccc(Nc2cc(C3CC4(CC4)C3)[nH]n2)n1)C1CCC(NC(=O)NC2Cc3ccc(C#N)cc3C2)CC1. The number of aromatic nitrogens is 4. The first-order valence-corrected chi connectivity index (χ1v) is 14.9. The van der Waals surface area contributed by atoms with Crippen LogP contribution in [0.3, 0.4) is 0 Å². The van der Waals surface area contributed by atoms with Crippen LogP contribution in [0.1, 0.15) is 79.7 Å². The van der Waals surface area contributed by atoms with Crippen LogP contribution < -0.4 is 20.9 Å². The molecule has 3 aromatic rings. The lowest BCUT2D eigenvalue weighted by Crippen LogP contribution is -2.49. The molecule has 1 atom stereocenters. The van der Waals surface area contributed by atoms with Crippen molar-refractivity contribution in [1.29, 1.82) is 5.26 Å². The van der Waals surface area contributed by atoms with Gasteiger partial charge in [-0.05, 0) is 98.9 Å². The summed E-state index contributed by atoms with van der Waals surface area (Å²) in [5, 5.41) is 26.5. The monoisotopic (exact) mass is 551 g/mol. The predicted octanol–water partition coefficient (Wildman–Crippen LogP) is 4.69. The van der Waals surface area contributed by atoms with Gasteiger partial charge in [-0.3, -0.25) is 5.10 Å². The Morgan fingerprint density at radius 2 is 1.80 bits per heavy atom. The second-order valence-corrected chi connectivity index (χ2v) is 12.6. The van der Waals surface area contributed by atoms with Crippen molar-refractivity contribution in [2.75, 3.05) is 17.3 Å². The summed E-state index contributed by atoms with van der Waals surface area (Å²) in [5.41, 5.74) is 4.94. The van der Waals surface area contributed by atoms with Crippen LogP contribution in [0.25, 0.3) is 0 Å². The van der Waals surface area contributed by atoms with Gasteiger partial charge in [0.2, 0.25) is 5.95 Å². The number of amides is 2. The Balaban J connectivity index is 0.875. The molecule has 3 saturated carbocycles. The molecule has 0 aliphatic heterocycles. The third-order valence-corrected chi connectivity index (χ3v) is 9.75. The van der Waals surface area contributed by atoms with Crippen LogP contribution in [0.15, 0.2) is 36.5 Å². The highest BCUT2D eigenvalue weighted by molar-refractivity contribution is 5.75. The average Bonchev–Trinajstić information content (AvgIpc) is 3.48. The van der Waals surface area contributed by atoms with Crippen molar-refractivity contribution in [3.05, 3.63) is 58.9 Å². The summed E-state index contributed by atoms with van der Waals surface area (Å²) in [6, 6.07) is 12.4. The van der Waals surface area contributed by atoms with E-state index in [1.54, 1.807) is 6.20 Å². The number of nitriles is 1. The molecule has 1 aromatic carbocycles. The quantitative estimate of drug-likeness (QED) is 0.335. The molecule has 1 unspecified atom stereocenters. The second-order valence-electron chi connectivity index (χ2n) is 12.6. The van der Waals surface area contributed by atoms with Gasteiger partial charge in [-0.25, -0.2) is 9.78 Å². The molecule has 2 heterocycles. The number of fused-ring (bicyclic) bond motifs is 1. The molecule has 1 spiro atoms. The van der Waals surface area contributed by atoms with E-state index in [-0.39, 0.29) is 18.1 Å². The normalized spacial score (nSPS) is 24.1. The van der Waals surface area contributed by atoms with Gasteiger partial charge in [0.05, 0.1) is 11.6 Å². The number of urea groups is 1. The maximum Gasteiger partial charge on any atom is 0.315 e. The number of carbonyl (C=O) groups is 1. The van der Waals surface area contributed by atoms with Gasteiger partial charge in [0, 0.05) is 49.0 Å². The topological polar surface area (TPSA) is 135 Å².